The van der Waals surface area contributed by atoms with Crippen LogP contribution < -0.4 is 10.1 Å². The fourth-order valence-electron chi connectivity index (χ4n) is 2.81. The van der Waals surface area contributed by atoms with E-state index in [4.69, 9.17) is 9.26 Å². The number of nitrogens with zero attached hydrogens (tertiary/aromatic N) is 3. The zero-order chi connectivity index (χ0) is 21.6. The van der Waals surface area contributed by atoms with E-state index in [-0.39, 0.29) is 29.9 Å². The van der Waals surface area contributed by atoms with Crippen LogP contribution >= 0.6 is 0 Å². The Bertz CT molecular complexity index is 1210. The van der Waals surface area contributed by atoms with Crippen molar-refractivity contribution in [1.29, 1.82) is 0 Å². The van der Waals surface area contributed by atoms with Crippen molar-refractivity contribution < 1.29 is 19.0 Å². The maximum atomic E-state index is 12.2. The average Bonchev–Trinajstić information content (AvgIpc) is 3.29. The molecule has 0 bridgehead atoms. The summed E-state index contributed by atoms with van der Waals surface area (Å²) in [5.74, 6) is 0.594. The van der Waals surface area contributed by atoms with Gasteiger partial charge in [0.15, 0.2) is 6.61 Å². The van der Waals surface area contributed by atoms with Crippen molar-refractivity contribution in [3.05, 3.63) is 89.0 Å². The Balaban J connectivity index is 1.48. The van der Waals surface area contributed by atoms with Crippen molar-refractivity contribution in [2.45, 2.75) is 0 Å². The van der Waals surface area contributed by atoms with Gasteiger partial charge in [0, 0.05) is 23.4 Å². The van der Waals surface area contributed by atoms with Gasteiger partial charge in [-0.1, -0.05) is 35.5 Å². The number of nitrogens with one attached hydrogen (secondary N) is 1. The fourth-order valence-corrected chi connectivity index (χ4v) is 2.81. The number of carbonyl (C=O) groups is 1. The Labute approximate surface area is 176 Å². The number of aromatic nitrogens is 2. The lowest BCUT2D eigenvalue weighted by atomic mass is 10.2. The molecular weight excluding hydrogens is 400 g/mol. The maximum absolute atomic E-state index is 12.2. The van der Waals surface area contributed by atoms with Gasteiger partial charge >= 0.3 is 0 Å². The maximum Gasteiger partial charge on any atom is 0.269 e. The molecule has 0 fully saturated rings. The summed E-state index contributed by atoms with van der Waals surface area (Å²) in [6.45, 7) is -0.195. The number of non-ortho nitro benzene ring substituents is 1. The topological polar surface area (TPSA) is 120 Å². The minimum absolute atomic E-state index is 0.0315. The second-order valence-corrected chi connectivity index (χ2v) is 6.43. The number of rotatable bonds is 7. The first kappa shape index (κ1) is 19.8. The van der Waals surface area contributed by atoms with Gasteiger partial charge in [-0.05, 0) is 36.4 Å². The normalized spacial score (nSPS) is 10.5. The van der Waals surface area contributed by atoms with E-state index in [0.29, 0.717) is 22.6 Å². The van der Waals surface area contributed by atoms with Crippen molar-refractivity contribution in [2.75, 3.05) is 11.9 Å². The van der Waals surface area contributed by atoms with E-state index < -0.39 is 4.92 Å². The van der Waals surface area contributed by atoms with Crippen LogP contribution in [0.25, 0.3) is 22.8 Å². The summed E-state index contributed by atoms with van der Waals surface area (Å²) in [4.78, 5) is 26.8. The summed E-state index contributed by atoms with van der Waals surface area (Å²) in [6, 6.07) is 21.9. The molecule has 9 heteroatoms. The number of nitro benzene ring substituents is 1. The van der Waals surface area contributed by atoms with Crippen LogP contribution in [-0.2, 0) is 4.79 Å². The van der Waals surface area contributed by atoms with Gasteiger partial charge in [0.1, 0.15) is 5.75 Å². The van der Waals surface area contributed by atoms with Crippen LogP contribution in [0.2, 0.25) is 0 Å². The third-order valence-corrected chi connectivity index (χ3v) is 4.30. The van der Waals surface area contributed by atoms with Gasteiger partial charge in [0.05, 0.1) is 10.5 Å². The molecule has 4 rings (SSSR count). The molecule has 0 aliphatic rings. The van der Waals surface area contributed by atoms with E-state index in [1.807, 2.05) is 18.2 Å². The van der Waals surface area contributed by atoms with Gasteiger partial charge in [-0.25, -0.2) is 0 Å². The second-order valence-electron chi connectivity index (χ2n) is 6.43. The fraction of sp³-hybridized carbons (Fsp3) is 0.0455. The second kappa shape index (κ2) is 8.87. The zero-order valence-electron chi connectivity index (χ0n) is 16.1. The van der Waals surface area contributed by atoms with Crippen LogP contribution in [0.5, 0.6) is 5.75 Å². The third kappa shape index (κ3) is 4.73. The standard InChI is InChI=1S/C22H16N4O5/c27-20(23-16-6-2-1-3-7-16)14-30-19-9-5-4-8-18(19)21-24-22(31-25-21)15-10-12-17(13-11-15)26(28)29/h1-13H,14H2,(H,23,27). The molecule has 0 aliphatic heterocycles. The molecule has 1 amide bonds. The first-order valence-corrected chi connectivity index (χ1v) is 9.26. The summed E-state index contributed by atoms with van der Waals surface area (Å²) in [6.07, 6.45) is 0. The number of hydrogen-bond acceptors (Lipinski definition) is 7. The number of nitro groups is 1. The van der Waals surface area contributed by atoms with Crippen LogP contribution in [0.4, 0.5) is 11.4 Å². The number of hydrogen-bond donors (Lipinski definition) is 1. The van der Waals surface area contributed by atoms with Crippen molar-refractivity contribution in [1.82, 2.24) is 10.1 Å². The largest absolute Gasteiger partial charge is 0.483 e. The Morgan fingerprint density at radius 3 is 2.45 bits per heavy atom. The molecule has 0 spiro atoms. The zero-order valence-corrected chi connectivity index (χ0v) is 16.1. The van der Waals surface area contributed by atoms with E-state index in [1.165, 1.54) is 24.3 Å². The van der Waals surface area contributed by atoms with Gasteiger partial charge in [-0.3, -0.25) is 14.9 Å². The Morgan fingerprint density at radius 1 is 1.00 bits per heavy atom. The van der Waals surface area contributed by atoms with E-state index in [2.05, 4.69) is 15.5 Å². The molecular formula is C22H16N4O5. The van der Waals surface area contributed by atoms with Crippen LogP contribution in [0.3, 0.4) is 0 Å². The lowest BCUT2D eigenvalue weighted by molar-refractivity contribution is -0.384. The van der Waals surface area contributed by atoms with E-state index >= 15 is 0 Å². The summed E-state index contributed by atoms with van der Waals surface area (Å²) >= 11 is 0. The Hall–Kier alpha value is -4.53. The van der Waals surface area contributed by atoms with Crippen molar-refractivity contribution in [3.8, 4) is 28.6 Å². The molecule has 0 unspecified atom stereocenters. The van der Waals surface area contributed by atoms with Crippen molar-refractivity contribution >= 4 is 17.3 Å². The molecule has 1 aromatic heterocycles. The van der Waals surface area contributed by atoms with Crippen molar-refractivity contribution in [2.24, 2.45) is 0 Å². The number of ether oxygens (including phenoxy) is 1. The Kier molecular flexibility index (Phi) is 5.66. The number of anilines is 1. The summed E-state index contributed by atoms with van der Waals surface area (Å²) in [5, 5.41) is 17.5. The number of amides is 1. The molecule has 1 N–H and O–H groups in total. The van der Waals surface area contributed by atoms with Gasteiger partial charge in [0.2, 0.25) is 5.82 Å². The highest BCUT2D eigenvalue weighted by Gasteiger charge is 2.16. The molecule has 0 aliphatic carbocycles. The van der Waals surface area contributed by atoms with Gasteiger partial charge < -0.3 is 14.6 Å². The molecule has 4 aromatic rings. The lowest BCUT2D eigenvalue weighted by Crippen LogP contribution is -2.20. The first-order chi connectivity index (χ1) is 15.1. The van der Waals surface area contributed by atoms with Crippen molar-refractivity contribution in [3.63, 3.8) is 0 Å². The molecule has 0 radical (unpaired) electrons. The molecule has 9 nitrogen and oxygen atoms in total. The highest BCUT2D eigenvalue weighted by molar-refractivity contribution is 5.91. The minimum Gasteiger partial charge on any atom is -0.483 e. The highest BCUT2D eigenvalue weighted by atomic mass is 16.6. The quantitative estimate of drug-likeness (QED) is 0.352. The SMILES string of the molecule is O=C(COc1ccccc1-c1noc(-c2ccc([N+](=O)[O-])cc2)n1)Nc1ccccc1. The van der Waals surface area contributed by atoms with E-state index in [0.717, 1.165) is 0 Å². The van der Waals surface area contributed by atoms with Crippen LogP contribution in [0, 0.1) is 10.1 Å². The molecule has 3 aromatic carbocycles. The van der Waals surface area contributed by atoms with Crippen LogP contribution in [-0.4, -0.2) is 27.6 Å². The molecule has 0 atom stereocenters. The predicted molar refractivity (Wildman–Crippen MR) is 112 cm³/mol. The molecule has 154 valence electrons. The van der Waals surface area contributed by atoms with E-state index in [1.54, 1.807) is 36.4 Å². The average molecular weight is 416 g/mol. The third-order valence-electron chi connectivity index (χ3n) is 4.30. The van der Waals surface area contributed by atoms with Gasteiger partial charge in [0.25, 0.3) is 17.5 Å². The number of carbonyl (C=O) groups excluding carboxylic acids is 1. The van der Waals surface area contributed by atoms with Gasteiger partial charge in [-0.15, -0.1) is 0 Å². The molecule has 1 heterocycles. The lowest BCUT2D eigenvalue weighted by Gasteiger charge is -2.09. The van der Waals surface area contributed by atoms with Crippen LogP contribution in [0.15, 0.2) is 83.4 Å². The monoisotopic (exact) mass is 416 g/mol. The molecule has 0 saturated heterocycles. The predicted octanol–water partition coefficient (Wildman–Crippen LogP) is 4.33. The molecule has 0 saturated carbocycles. The minimum atomic E-state index is -0.482. The van der Waals surface area contributed by atoms with Crippen LogP contribution in [0.1, 0.15) is 0 Å². The first-order valence-electron chi connectivity index (χ1n) is 9.26. The number of benzene rings is 3. The summed E-state index contributed by atoms with van der Waals surface area (Å²) < 4.78 is 11.0. The summed E-state index contributed by atoms with van der Waals surface area (Å²) in [5.41, 5.74) is 1.74. The Morgan fingerprint density at radius 2 is 1.71 bits per heavy atom. The molecule has 31 heavy (non-hydrogen) atoms. The van der Waals surface area contributed by atoms with E-state index in [9.17, 15) is 14.9 Å². The summed E-state index contributed by atoms with van der Waals surface area (Å²) in [7, 11) is 0. The van der Waals surface area contributed by atoms with Gasteiger partial charge in [-0.2, -0.15) is 4.98 Å². The number of para-hydroxylation sites is 2. The smallest absolute Gasteiger partial charge is 0.269 e. The highest BCUT2D eigenvalue weighted by Crippen LogP contribution is 2.30.